The van der Waals surface area contributed by atoms with E-state index in [0.29, 0.717) is 5.56 Å². The Labute approximate surface area is 119 Å². The third-order valence-electron chi connectivity index (χ3n) is 2.74. The highest BCUT2D eigenvalue weighted by Crippen LogP contribution is 2.30. The molecule has 0 radical (unpaired) electrons. The van der Waals surface area contributed by atoms with Gasteiger partial charge in [0.15, 0.2) is 0 Å². The number of thiophene rings is 1. The molecular weight excluding hydrogens is 313 g/mol. The Hall–Kier alpha value is -0.710. The molecule has 1 nitrogen and oxygen atoms in total. The molecule has 2 aromatic rings. The van der Waals surface area contributed by atoms with Crippen LogP contribution in [-0.2, 0) is 0 Å². The molecule has 1 heterocycles. The fourth-order valence-electron chi connectivity index (χ4n) is 1.88. The molecule has 0 spiro atoms. The van der Waals surface area contributed by atoms with E-state index < -0.39 is 0 Å². The normalized spacial score (nSPS) is 12.6. The first-order valence-corrected chi connectivity index (χ1v) is 7.61. The summed E-state index contributed by atoms with van der Waals surface area (Å²) >= 11 is 5.08. The van der Waals surface area contributed by atoms with Gasteiger partial charge in [-0.15, -0.1) is 11.3 Å². The van der Waals surface area contributed by atoms with E-state index in [9.17, 15) is 4.39 Å². The lowest BCUT2D eigenvalue weighted by Crippen LogP contribution is -2.23. The van der Waals surface area contributed by atoms with Crippen molar-refractivity contribution >= 4 is 27.3 Å². The van der Waals surface area contributed by atoms with Crippen molar-refractivity contribution < 1.29 is 4.39 Å². The topological polar surface area (TPSA) is 12.0 Å². The molecule has 1 atom stereocenters. The average Bonchev–Trinajstić information content (AvgIpc) is 2.78. The van der Waals surface area contributed by atoms with Gasteiger partial charge >= 0.3 is 0 Å². The highest BCUT2D eigenvalue weighted by molar-refractivity contribution is 9.11. The van der Waals surface area contributed by atoms with Crippen LogP contribution in [0.1, 0.15) is 30.5 Å². The highest BCUT2D eigenvalue weighted by atomic mass is 79.9. The number of rotatable bonds is 5. The molecule has 4 heteroatoms. The van der Waals surface area contributed by atoms with E-state index in [1.165, 1.54) is 6.07 Å². The van der Waals surface area contributed by atoms with Gasteiger partial charge in [0.2, 0.25) is 0 Å². The molecule has 1 aromatic heterocycles. The highest BCUT2D eigenvalue weighted by Gasteiger charge is 2.17. The molecule has 2 rings (SSSR count). The molecule has 0 fully saturated rings. The van der Waals surface area contributed by atoms with Crippen LogP contribution in [0.2, 0.25) is 0 Å². The first-order valence-electron chi connectivity index (χ1n) is 5.94. The van der Waals surface area contributed by atoms with E-state index in [-0.39, 0.29) is 11.9 Å². The van der Waals surface area contributed by atoms with Gasteiger partial charge in [0.05, 0.1) is 9.83 Å². The summed E-state index contributed by atoms with van der Waals surface area (Å²) in [5, 5.41) is 5.46. The number of nitrogens with one attached hydrogen (secondary N) is 1. The second-order valence-corrected chi connectivity index (χ2v) is 6.38. The van der Waals surface area contributed by atoms with Crippen LogP contribution in [0, 0.1) is 5.82 Å². The molecule has 1 unspecified atom stereocenters. The molecule has 0 aliphatic rings. The molecule has 1 N–H and O–H groups in total. The van der Waals surface area contributed by atoms with Crippen molar-refractivity contribution in [2.75, 3.05) is 6.54 Å². The van der Waals surface area contributed by atoms with Gasteiger partial charge in [0, 0.05) is 5.56 Å². The SMILES string of the molecule is CCCNC(c1csc(Br)c1)c1ccccc1F. The summed E-state index contributed by atoms with van der Waals surface area (Å²) in [6.07, 6.45) is 1.02. The lowest BCUT2D eigenvalue weighted by Gasteiger charge is -2.18. The van der Waals surface area contributed by atoms with Crippen molar-refractivity contribution in [3.8, 4) is 0 Å². The third kappa shape index (κ3) is 3.19. The Kier molecular flexibility index (Phi) is 4.92. The van der Waals surface area contributed by atoms with Gasteiger partial charge in [-0.25, -0.2) is 4.39 Å². The molecule has 0 saturated carbocycles. The molecule has 0 aliphatic carbocycles. The van der Waals surface area contributed by atoms with E-state index in [4.69, 9.17) is 0 Å². The van der Waals surface area contributed by atoms with Gasteiger partial charge in [0.1, 0.15) is 5.82 Å². The summed E-state index contributed by atoms with van der Waals surface area (Å²) < 4.78 is 15.0. The lowest BCUT2D eigenvalue weighted by atomic mass is 10.0. The Bertz CT molecular complexity index is 512. The summed E-state index contributed by atoms with van der Waals surface area (Å²) in [4.78, 5) is 0. The molecule has 0 saturated heterocycles. The number of halogens is 2. The zero-order chi connectivity index (χ0) is 13.0. The van der Waals surface area contributed by atoms with E-state index in [0.717, 1.165) is 22.3 Å². The van der Waals surface area contributed by atoms with Crippen LogP contribution in [0.25, 0.3) is 0 Å². The average molecular weight is 328 g/mol. The van der Waals surface area contributed by atoms with E-state index in [1.807, 2.05) is 18.2 Å². The van der Waals surface area contributed by atoms with E-state index in [2.05, 4.69) is 33.6 Å². The van der Waals surface area contributed by atoms with Crippen LogP contribution >= 0.6 is 27.3 Å². The van der Waals surface area contributed by atoms with Gasteiger partial charge in [-0.2, -0.15) is 0 Å². The minimum atomic E-state index is -0.159. The summed E-state index contributed by atoms with van der Waals surface area (Å²) in [5.41, 5.74) is 1.81. The largest absolute Gasteiger partial charge is 0.306 e. The minimum Gasteiger partial charge on any atom is -0.306 e. The maximum Gasteiger partial charge on any atom is 0.128 e. The van der Waals surface area contributed by atoms with Crippen molar-refractivity contribution in [3.05, 3.63) is 56.4 Å². The van der Waals surface area contributed by atoms with Crippen molar-refractivity contribution in [1.82, 2.24) is 5.32 Å². The maximum atomic E-state index is 13.9. The Morgan fingerprint density at radius 3 is 2.78 bits per heavy atom. The molecule has 0 bridgehead atoms. The fraction of sp³-hybridized carbons (Fsp3) is 0.286. The quantitative estimate of drug-likeness (QED) is 0.836. The van der Waals surface area contributed by atoms with Crippen LogP contribution < -0.4 is 5.32 Å². The summed E-state index contributed by atoms with van der Waals surface area (Å²) in [7, 11) is 0. The minimum absolute atomic E-state index is 0.0753. The van der Waals surface area contributed by atoms with Gasteiger partial charge in [0.25, 0.3) is 0 Å². The second kappa shape index (κ2) is 6.45. The fourth-order valence-corrected chi connectivity index (χ4v) is 3.08. The zero-order valence-corrected chi connectivity index (χ0v) is 12.5. The Balaban J connectivity index is 2.33. The summed E-state index contributed by atoms with van der Waals surface area (Å²) in [6, 6.07) is 8.92. The molecule has 1 aromatic carbocycles. The number of benzene rings is 1. The van der Waals surface area contributed by atoms with Gasteiger partial charge < -0.3 is 5.32 Å². The first kappa shape index (κ1) is 13.7. The van der Waals surface area contributed by atoms with E-state index in [1.54, 1.807) is 17.4 Å². The van der Waals surface area contributed by atoms with Crippen molar-refractivity contribution in [2.45, 2.75) is 19.4 Å². The number of hydrogen-bond donors (Lipinski definition) is 1. The standard InChI is InChI=1S/C14H15BrFNS/c1-2-7-17-14(10-8-13(15)18-9-10)11-5-3-4-6-12(11)16/h3-6,8-9,14,17H,2,7H2,1H3. The Morgan fingerprint density at radius 1 is 1.39 bits per heavy atom. The maximum absolute atomic E-state index is 13.9. The monoisotopic (exact) mass is 327 g/mol. The van der Waals surface area contributed by atoms with Gasteiger partial charge in [-0.1, -0.05) is 25.1 Å². The molecule has 18 heavy (non-hydrogen) atoms. The van der Waals surface area contributed by atoms with Crippen molar-refractivity contribution in [3.63, 3.8) is 0 Å². The zero-order valence-electron chi connectivity index (χ0n) is 10.1. The predicted molar refractivity (Wildman–Crippen MR) is 78.6 cm³/mol. The molecule has 0 amide bonds. The van der Waals surface area contributed by atoms with Crippen LogP contribution in [0.5, 0.6) is 0 Å². The van der Waals surface area contributed by atoms with Gasteiger partial charge in [-0.3, -0.25) is 0 Å². The molecular formula is C14H15BrFNS. The van der Waals surface area contributed by atoms with Crippen LogP contribution in [0.4, 0.5) is 4.39 Å². The van der Waals surface area contributed by atoms with Crippen molar-refractivity contribution in [1.29, 1.82) is 0 Å². The van der Waals surface area contributed by atoms with E-state index >= 15 is 0 Å². The first-order chi connectivity index (χ1) is 8.72. The summed E-state index contributed by atoms with van der Waals surface area (Å²) in [5.74, 6) is -0.159. The number of hydrogen-bond acceptors (Lipinski definition) is 2. The molecule has 96 valence electrons. The third-order valence-corrected chi connectivity index (χ3v) is 4.26. The van der Waals surface area contributed by atoms with Crippen LogP contribution in [-0.4, -0.2) is 6.54 Å². The van der Waals surface area contributed by atoms with Gasteiger partial charge in [-0.05, 0) is 52.0 Å². The van der Waals surface area contributed by atoms with Crippen LogP contribution in [0.3, 0.4) is 0 Å². The van der Waals surface area contributed by atoms with Crippen molar-refractivity contribution in [2.24, 2.45) is 0 Å². The second-order valence-electron chi connectivity index (χ2n) is 4.09. The van der Waals surface area contributed by atoms with Crippen LogP contribution in [0.15, 0.2) is 39.5 Å². The predicted octanol–water partition coefficient (Wildman–Crippen LogP) is 4.74. The Morgan fingerprint density at radius 2 is 2.17 bits per heavy atom. The lowest BCUT2D eigenvalue weighted by molar-refractivity contribution is 0.547. The molecule has 0 aliphatic heterocycles. The smallest absolute Gasteiger partial charge is 0.128 e. The summed E-state index contributed by atoms with van der Waals surface area (Å²) in [6.45, 7) is 2.97.